The molecular formula is C17H14ClN3O3. The number of amides is 1. The molecule has 2 heterocycles. The number of imidazole rings is 1. The zero-order valence-corrected chi connectivity index (χ0v) is 13.5. The van der Waals surface area contributed by atoms with Crippen molar-refractivity contribution in [3.63, 3.8) is 0 Å². The van der Waals surface area contributed by atoms with Crippen LogP contribution in [0.3, 0.4) is 0 Å². The van der Waals surface area contributed by atoms with E-state index in [4.69, 9.17) is 16.7 Å². The number of rotatable bonds is 4. The minimum Gasteiger partial charge on any atom is -0.478 e. The summed E-state index contributed by atoms with van der Waals surface area (Å²) < 4.78 is 1.86. The molecule has 0 saturated carbocycles. The Labute approximate surface area is 142 Å². The number of benzene rings is 1. The summed E-state index contributed by atoms with van der Waals surface area (Å²) in [4.78, 5) is 27.7. The van der Waals surface area contributed by atoms with Gasteiger partial charge in [-0.2, -0.15) is 0 Å². The lowest BCUT2D eigenvalue weighted by Gasteiger charge is -2.06. The van der Waals surface area contributed by atoms with E-state index in [1.54, 1.807) is 12.3 Å². The van der Waals surface area contributed by atoms with Crippen molar-refractivity contribution in [2.24, 2.45) is 0 Å². The van der Waals surface area contributed by atoms with Crippen LogP contribution in [0.1, 0.15) is 21.6 Å². The van der Waals surface area contributed by atoms with E-state index in [9.17, 15) is 9.59 Å². The number of aryl methyl sites for hydroxylation is 1. The van der Waals surface area contributed by atoms with Gasteiger partial charge in [0, 0.05) is 18.1 Å². The normalized spacial score (nSPS) is 10.8. The lowest BCUT2D eigenvalue weighted by atomic mass is 10.2. The van der Waals surface area contributed by atoms with Crippen molar-refractivity contribution >= 4 is 34.8 Å². The Morgan fingerprint density at radius 1 is 1.33 bits per heavy atom. The predicted octanol–water partition coefficient (Wildman–Crippen LogP) is 3.18. The molecule has 0 aliphatic rings. The number of fused-ring (bicyclic) bond motifs is 1. The fraction of sp³-hybridized carbons (Fsp3) is 0.118. The second kappa shape index (κ2) is 6.33. The molecular weight excluding hydrogens is 330 g/mol. The fourth-order valence-corrected chi connectivity index (χ4v) is 2.62. The van der Waals surface area contributed by atoms with Crippen LogP contribution in [0.5, 0.6) is 0 Å². The van der Waals surface area contributed by atoms with Crippen molar-refractivity contribution in [3.05, 3.63) is 64.6 Å². The average molecular weight is 344 g/mol. The number of nitrogens with one attached hydrogen (secondary N) is 1. The molecule has 24 heavy (non-hydrogen) atoms. The number of carboxylic acid groups (broad SMARTS) is 1. The number of carbonyl (C=O) groups is 2. The summed E-state index contributed by atoms with van der Waals surface area (Å²) in [6.45, 7) is 1.95. The summed E-state index contributed by atoms with van der Waals surface area (Å²) >= 11 is 5.81. The second-order valence-corrected chi connectivity index (χ2v) is 5.79. The molecule has 2 N–H and O–H groups in total. The van der Waals surface area contributed by atoms with Crippen LogP contribution in [0.25, 0.3) is 5.65 Å². The molecule has 3 aromatic rings. The van der Waals surface area contributed by atoms with E-state index >= 15 is 0 Å². The number of halogens is 1. The number of hydrogen-bond acceptors (Lipinski definition) is 3. The van der Waals surface area contributed by atoms with Crippen LogP contribution in [-0.2, 0) is 11.2 Å². The predicted molar refractivity (Wildman–Crippen MR) is 90.7 cm³/mol. The molecule has 0 aliphatic carbocycles. The number of hydrogen-bond donors (Lipinski definition) is 2. The lowest BCUT2D eigenvalue weighted by molar-refractivity contribution is -0.115. The first kappa shape index (κ1) is 16.0. The molecule has 0 saturated heterocycles. The highest BCUT2D eigenvalue weighted by Crippen LogP contribution is 2.21. The third kappa shape index (κ3) is 3.23. The molecule has 6 nitrogen and oxygen atoms in total. The number of pyridine rings is 1. The molecule has 3 rings (SSSR count). The maximum Gasteiger partial charge on any atom is 0.337 e. The van der Waals surface area contributed by atoms with Gasteiger partial charge in [0.05, 0.1) is 22.7 Å². The van der Waals surface area contributed by atoms with Gasteiger partial charge in [-0.3, -0.25) is 4.79 Å². The number of nitrogens with zero attached hydrogens (tertiary/aromatic N) is 2. The maximum atomic E-state index is 12.2. The van der Waals surface area contributed by atoms with E-state index < -0.39 is 5.97 Å². The summed E-state index contributed by atoms with van der Waals surface area (Å²) in [5.41, 5.74) is 2.78. The van der Waals surface area contributed by atoms with Crippen LogP contribution < -0.4 is 5.32 Å². The molecule has 0 fully saturated rings. The van der Waals surface area contributed by atoms with Gasteiger partial charge in [-0.15, -0.1) is 0 Å². The molecule has 0 spiro atoms. The summed E-state index contributed by atoms with van der Waals surface area (Å²) in [5.74, 6) is -1.43. The first-order valence-corrected chi connectivity index (χ1v) is 7.58. The van der Waals surface area contributed by atoms with Crippen LogP contribution in [0, 0.1) is 6.92 Å². The van der Waals surface area contributed by atoms with Crippen molar-refractivity contribution < 1.29 is 14.7 Å². The van der Waals surface area contributed by atoms with E-state index in [2.05, 4.69) is 10.3 Å². The number of carbonyl (C=O) groups excluding carboxylic acids is 1. The van der Waals surface area contributed by atoms with E-state index in [1.807, 2.05) is 29.7 Å². The van der Waals surface area contributed by atoms with Gasteiger partial charge >= 0.3 is 5.97 Å². The van der Waals surface area contributed by atoms with E-state index in [-0.39, 0.29) is 22.9 Å². The zero-order valence-electron chi connectivity index (χ0n) is 12.8. The van der Waals surface area contributed by atoms with Gasteiger partial charge in [-0.1, -0.05) is 17.7 Å². The third-order valence-electron chi connectivity index (χ3n) is 3.55. The van der Waals surface area contributed by atoms with Gasteiger partial charge in [0.15, 0.2) is 0 Å². The second-order valence-electron chi connectivity index (χ2n) is 5.38. The SMILES string of the molecule is Cc1cccn2cc(CC(=O)Nc3ccc(Cl)c(C(=O)O)c3)nc12. The van der Waals surface area contributed by atoms with Crippen LogP contribution in [0.15, 0.2) is 42.7 Å². The minimum atomic E-state index is -1.15. The van der Waals surface area contributed by atoms with Gasteiger partial charge in [0.2, 0.25) is 5.91 Å². The van der Waals surface area contributed by atoms with E-state index in [1.165, 1.54) is 12.1 Å². The smallest absolute Gasteiger partial charge is 0.337 e. The molecule has 122 valence electrons. The lowest BCUT2D eigenvalue weighted by Crippen LogP contribution is -2.15. The topological polar surface area (TPSA) is 83.7 Å². The number of aromatic nitrogens is 2. The van der Waals surface area contributed by atoms with Gasteiger partial charge in [0.1, 0.15) is 5.65 Å². The Hall–Kier alpha value is -2.86. The van der Waals surface area contributed by atoms with Gasteiger partial charge in [-0.25, -0.2) is 9.78 Å². The Morgan fingerprint density at radius 2 is 2.12 bits per heavy atom. The number of aromatic carboxylic acids is 1. The molecule has 0 radical (unpaired) electrons. The molecule has 1 aromatic carbocycles. The Balaban J connectivity index is 1.76. The molecule has 2 aromatic heterocycles. The van der Waals surface area contributed by atoms with Crippen molar-refractivity contribution in [2.75, 3.05) is 5.32 Å². The minimum absolute atomic E-state index is 0.0576. The summed E-state index contributed by atoms with van der Waals surface area (Å²) in [6.07, 6.45) is 3.76. The monoisotopic (exact) mass is 343 g/mol. The van der Waals surface area contributed by atoms with Gasteiger partial charge in [0.25, 0.3) is 0 Å². The standard InChI is InChI=1S/C17H14ClN3O3/c1-10-3-2-6-21-9-12(20-16(10)21)8-15(22)19-11-4-5-14(18)13(7-11)17(23)24/h2-7,9H,8H2,1H3,(H,19,22)(H,23,24). The molecule has 0 bridgehead atoms. The van der Waals surface area contributed by atoms with Crippen molar-refractivity contribution in [1.82, 2.24) is 9.38 Å². The van der Waals surface area contributed by atoms with Crippen LogP contribution in [0.2, 0.25) is 5.02 Å². The zero-order chi connectivity index (χ0) is 17.3. The fourth-order valence-electron chi connectivity index (χ4n) is 2.43. The first-order chi connectivity index (χ1) is 11.4. The highest BCUT2D eigenvalue weighted by atomic mass is 35.5. The van der Waals surface area contributed by atoms with Crippen molar-refractivity contribution in [1.29, 1.82) is 0 Å². The van der Waals surface area contributed by atoms with Crippen molar-refractivity contribution in [2.45, 2.75) is 13.3 Å². The number of anilines is 1. The van der Waals surface area contributed by atoms with Crippen molar-refractivity contribution in [3.8, 4) is 0 Å². The Morgan fingerprint density at radius 3 is 2.83 bits per heavy atom. The summed E-state index contributed by atoms with van der Waals surface area (Å²) in [5, 5.41) is 11.8. The number of carboxylic acids is 1. The molecule has 7 heteroatoms. The molecule has 0 unspecified atom stereocenters. The van der Waals surface area contributed by atoms with Crippen LogP contribution in [0.4, 0.5) is 5.69 Å². The Bertz CT molecular complexity index is 949. The Kier molecular flexibility index (Phi) is 4.22. The average Bonchev–Trinajstić information content (AvgIpc) is 2.92. The van der Waals surface area contributed by atoms with Gasteiger partial charge < -0.3 is 14.8 Å². The van der Waals surface area contributed by atoms with E-state index in [0.29, 0.717) is 11.4 Å². The quantitative estimate of drug-likeness (QED) is 0.762. The third-order valence-corrected chi connectivity index (χ3v) is 3.88. The summed E-state index contributed by atoms with van der Waals surface area (Å²) in [6, 6.07) is 8.19. The largest absolute Gasteiger partial charge is 0.478 e. The van der Waals surface area contributed by atoms with Crippen LogP contribution >= 0.6 is 11.6 Å². The van der Waals surface area contributed by atoms with Gasteiger partial charge in [-0.05, 0) is 36.8 Å². The molecule has 0 atom stereocenters. The van der Waals surface area contributed by atoms with Crippen LogP contribution in [-0.4, -0.2) is 26.4 Å². The first-order valence-electron chi connectivity index (χ1n) is 7.20. The summed E-state index contributed by atoms with van der Waals surface area (Å²) in [7, 11) is 0. The highest BCUT2D eigenvalue weighted by Gasteiger charge is 2.12. The van der Waals surface area contributed by atoms with E-state index in [0.717, 1.165) is 11.2 Å². The highest BCUT2D eigenvalue weighted by molar-refractivity contribution is 6.33. The molecule has 0 aliphatic heterocycles. The maximum absolute atomic E-state index is 12.2. The molecule has 1 amide bonds.